The van der Waals surface area contributed by atoms with Crippen molar-refractivity contribution in [3.63, 3.8) is 0 Å². The van der Waals surface area contributed by atoms with E-state index < -0.39 is 88.8 Å². The molecule has 3 rings (SSSR count). The molecule has 0 N–H and O–H groups in total. The van der Waals surface area contributed by atoms with Crippen LogP contribution in [0.2, 0.25) is 0 Å². The van der Waals surface area contributed by atoms with Crippen LogP contribution >= 0.6 is 0 Å². The van der Waals surface area contributed by atoms with Crippen molar-refractivity contribution >= 4 is 35.6 Å². The topological polar surface area (TPSA) is 161 Å². The summed E-state index contributed by atoms with van der Waals surface area (Å²) in [4.78, 5) is 82.4. The molecule has 1 aromatic heterocycles. The molecule has 12 nitrogen and oxygen atoms in total. The average Bonchev–Trinajstić information content (AvgIpc) is 3.25. The molecule has 0 saturated heterocycles. The van der Waals surface area contributed by atoms with Crippen LogP contribution in [-0.2, 0) is 47.7 Å². The summed E-state index contributed by atoms with van der Waals surface area (Å²) in [6.07, 6.45) is 1.23. The lowest BCUT2D eigenvalue weighted by Crippen LogP contribution is -2.56. The summed E-state index contributed by atoms with van der Waals surface area (Å²) in [7, 11) is 0. The van der Waals surface area contributed by atoms with E-state index in [9.17, 15) is 28.8 Å². The molecule has 47 heavy (non-hydrogen) atoms. The Morgan fingerprint density at radius 1 is 0.979 bits per heavy atom. The predicted molar refractivity (Wildman–Crippen MR) is 167 cm³/mol. The highest BCUT2D eigenvalue weighted by molar-refractivity contribution is 5.93. The van der Waals surface area contributed by atoms with Crippen molar-refractivity contribution in [3.05, 3.63) is 54.4 Å². The number of aromatic nitrogens is 1. The average molecular weight is 656 g/mol. The largest absolute Gasteiger partial charge is 0.461 e. The molecule has 0 aliphatic heterocycles. The Bertz CT molecular complexity index is 1420. The van der Waals surface area contributed by atoms with Crippen LogP contribution in [0.3, 0.4) is 0 Å². The molecule has 1 aromatic rings. The fraction of sp³-hybridized carbons (Fsp3) is 0.571. The van der Waals surface area contributed by atoms with Gasteiger partial charge in [-0.25, -0.2) is 4.79 Å². The van der Waals surface area contributed by atoms with Gasteiger partial charge in [-0.3, -0.25) is 29.0 Å². The summed E-state index contributed by atoms with van der Waals surface area (Å²) in [5, 5.41) is 0. The zero-order valence-corrected chi connectivity index (χ0v) is 28.3. The molecule has 0 amide bonds. The number of Topliss-reactive ketones (excluding diaryl/α,β-unsaturated/α-hetero) is 1. The van der Waals surface area contributed by atoms with Gasteiger partial charge < -0.3 is 23.7 Å². The number of pyridine rings is 1. The number of rotatable bonds is 7. The van der Waals surface area contributed by atoms with Crippen LogP contribution in [0.1, 0.15) is 85.0 Å². The van der Waals surface area contributed by atoms with E-state index in [0.29, 0.717) is 0 Å². The monoisotopic (exact) mass is 655 g/mol. The summed E-state index contributed by atoms with van der Waals surface area (Å²) in [5.74, 6) is -6.60. The smallest absolute Gasteiger partial charge is 0.340 e. The number of fused-ring (bicyclic) bond motifs is 1. The fourth-order valence-electron chi connectivity index (χ4n) is 6.59. The van der Waals surface area contributed by atoms with Gasteiger partial charge in [0, 0.05) is 63.8 Å². The van der Waals surface area contributed by atoms with E-state index in [2.05, 4.69) is 11.6 Å². The number of hydrogen-bond donors (Lipinski definition) is 0. The quantitative estimate of drug-likeness (QED) is 0.230. The first-order valence-corrected chi connectivity index (χ1v) is 15.7. The van der Waals surface area contributed by atoms with Crippen molar-refractivity contribution in [2.75, 3.05) is 0 Å². The standard InChI is InChI=1S/C35H45NO11/c1-10-27(40)45-30-21(4)17-35(47-24(7)39)28(30)29(44-23(6)38)20(3)16-26(43-22(5)37)32(34(8,9)14-13-19(2)31(35)41)46-33(42)25-12-11-15-36-18-25/h11-15,18-19,21,26,28-30,32H,3,10,16-17H2,1-2,4-9H3. The van der Waals surface area contributed by atoms with Gasteiger partial charge in [0.2, 0.25) is 0 Å². The first kappa shape index (κ1) is 37.1. The number of esters is 5. The van der Waals surface area contributed by atoms with Gasteiger partial charge in [-0.2, -0.15) is 0 Å². The highest BCUT2D eigenvalue weighted by atomic mass is 16.6. The number of nitrogens with zero attached hydrogens (tertiary/aromatic N) is 1. The zero-order chi connectivity index (χ0) is 35.3. The van der Waals surface area contributed by atoms with Crippen molar-refractivity contribution < 1.29 is 52.5 Å². The minimum Gasteiger partial charge on any atom is -0.461 e. The fourth-order valence-corrected chi connectivity index (χ4v) is 6.59. The van der Waals surface area contributed by atoms with E-state index in [1.165, 1.54) is 39.2 Å². The second-order valence-corrected chi connectivity index (χ2v) is 12.9. The van der Waals surface area contributed by atoms with Gasteiger partial charge in [-0.05, 0) is 23.6 Å². The molecule has 0 radical (unpaired) electrons. The molecule has 12 heteroatoms. The SMILES string of the molecule is C=C1CC(OC(C)=O)C(OC(=O)c2cccnc2)C(C)(C)C=CC(C)C(=O)C2(OC(C)=O)CC(C)C(OC(=O)CC)C2C1OC(C)=O. The second kappa shape index (κ2) is 15.0. The third-order valence-electron chi connectivity index (χ3n) is 8.61. The lowest BCUT2D eigenvalue weighted by molar-refractivity contribution is -0.186. The third kappa shape index (κ3) is 8.52. The van der Waals surface area contributed by atoms with Crippen molar-refractivity contribution in [3.8, 4) is 0 Å². The van der Waals surface area contributed by atoms with Crippen LogP contribution in [0.4, 0.5) is 0 Å². The van der Waals surface area contributed by atoms with Crippen LogP contribution < -0.4 is 0 Å². The molecule has 8 unspecified atom stereocenters. The molecule has 0 spiro atoms. The Hall–Kier alpha value is -4.35. The second-order valence-electron chi connectivity index (χ2n) is 12.9. The number of carbonyl (C=O) groups excluding carboxylic acids is 6. The van der Waals surface area contributed by atoms with Gasteiger partial charge in [-0.1, -0.05) is 53.3 Å². The van der Waals surface area contributed by atoms with E-state index in [1.807, 2.05) is 0 Å². The first-order valence-electron chi connectivity index (χ1n) is 15.7. The van der Waals surface area contributed by atoms with E-state index >= 15 is 0 Å². The Labute approximate surface area is 275 Å². The molecule has 256 valence electrons. The number of hydrogen-bond acceptors (Lipinski definition) is 12. The van der Waals surface area contributed by atoms with Gasteiger partial charge in [0.15, 0.2) is 11.4 Å². The molecule has 1 saturated carbocycles. The number of ketones is 1. The summed E-state index contributed by atoms with van der Waals surface area (Å²) in [5.41, 5.74) is -2.63. The minimum atomic E-state index is -1.89. The summed E-state index contributed by atoms with van der Waals surface area (Å²) in [6.45, 7) is 16.2. The minimum absolute atomic E-state index is 0.0242. The molecular weight excluding hydrogens is 610 g/mol. The van der Waals surface area contributed by atoms with Crippen LogP contribution in [-0.4, -0.2) is 70.6 Å². The van der Waals surface area contributed by atoms with Crippen molar-refractivity contribution in [2.24, 2.45) is 23.2 Å². The van der Waals surface area contributed by atoms with E-state index in [0.717, 1.165) is 0 Å². The van der Waals surface area contributed by atoms with Gasteiger partial charge in [-0.15, -0.1) is 0 Å². The summed E-state index contributed by atoms with van der Waals surface area (Å²) >= 11 is 0. The highest BCUT2D eigenvalue weighted by Gasteiger charge is 2.65. The van der Waals surface area contributed by atoms with Crippen LogP contribution in [0, 0.1) is 23.2 Å². The zero-order valence-electron chi connectivity index (χ0n) is 28.3. The molecule has 2 aliphatic carbocycles. The van der Waals surface area contributed by atoms with Crippen molar-refractivity contribution in [1.82, 2.24) is 4.98 Å². The number of carbonyl (C=O) groups is 6. The summed E-state index contributed by atoms with van der Waals surface area (Å²) in [6, 6.07) is 3.10. The molecule has 0 aromatic carbocycles. The van der Waals surface area contributed by atoms with Crippen molar-refractivity contribution in [1.29, 1.82) is 0 Å². The lowest BCUT2D eigenvalue weighted by Gasteiger charge is -2.42. The highest BCUT2D eigenvalue weighted by Crippen LogP contribution is 2.51. The summed E-state index contributed by atoms with van der Waals surface area (Å²) < 4.78 is 29.4. The predicted octanol–water partition coefficient (Wildman–Crippen LogP) is 4.50. The van der Waals surface area contributed by atoms with E-state index in [-0.39, 0.29) is 30.4 Å². The molecule has 1 fully saturated rings. The van der Waals surface area contributed by atoms with Crippen LogP contribution in [0.25, 0.3) is 0 Å². The molecule has 1 heterocycles. The lowest BCUT2D eigenvalue weighted by atomic mass is 9.72. The Balaban J connectivity index is 2.31. The number of allylic oxidation sites excluding steroid dienone is 1. The Morgan fingerprint density at radius 3 is 2.19 bits per heavy atom. The van der Waals surface area contributed by atoms with Gasteiger partial charge in [0.1, 0.15) is 24.4 Å². The molecule has 2 aliphatic rings. The maximum absolute atomic E-state index is 14.5. The Morgan fingerprint density at radius 2 is 1.64 bits per heavy atom. The molecule has 8 atom stereocenters. The van der Waals surface area contributed by atoms with E-state index in [1.54, 1.807) is 52.8 Å². The maximum Gasteiger partial charge on any atom is 0.340 e. The first-order chi connectivity index (χ1) is 21.9. The maximum atomic E-state index is 14.5. The Kier molecular flexibility index (Phi) is 11.9. The molecule has 0 bridgehead atoms. The normalized spacial score (nSPS) is 30.5. The number of ether oxygens (including phenoxy) is 5. The van der Waals surface area contributed by atoms with Crippen LogP contribution in [0.15, 0.2) is 48.8 Å². The van der Waals surface area contributed by atoms with Crippen molar-refractivity contribution in [2.45, 2.75) is 105 Å². The van der Waals surface area contributed by atoms with Gasteiger partial charge >= 0.3 is 29.8 Å². The van der Waals surface area contributed by atoms with E-state index in [4.69, 9.17) is 23.7 Å². The molecular formula is C35H45NO11. The van der Waals surface area contributed by atoms with Crippen LogP contribution in [0.5, 0.6) is 0 Å². The third-order valence-corrected chi connectivity index (χ3v) is 8.61. The van der Waals surface area contributed by atoms with Gasteiger partial charge in [0.25, 0.3) is 0 Å². The van der Waals surface area contributed by atoms with Gasteiger partial charge in [0.05, 0.1) is 11.5 Å².